The number of rotatable bonds is 9. The second kappa shape index (κ2) is 7.21. The van der Waals surface area contributed by atoms with Crippen LogP contribution in [-0.2, 0) is 4.74 Å². The second-order valence-corrected chi connectivity index (χ2v) is 4.27. The quantitative estimate of drug-likeness (QED) is 0.586. The Kier molecular flexibility index (Phi) is 6.15. The molecule has 1 fully saturated rings. The Morgan fingerprint density at radius 3 is 2.86 bits per heavy atom. The third kappa shape index (κ3) is 5.58. The summed E-state index contributed by atoms with van der Waals surface area (Å²) in [7, 11) is 1.76. The van der Waals surface area contributed by atoms with E-state index < -0.39 is 0 Å². The van der Waals surface area contributed by atoms with Crippen molar-refractivity contribution in [3.8, 4) is 0 Å². The van der Waals surface area contributed by atoms with E-state index in [1.807, 2.05) is 0 Å². The average Bonchev–Trinajstić information content (AvgIpc) is 2.98. The zero-order chi connectivity index (χ0) is 10.2. The highest BCUT2D eigenvalue weighted by molar-refractivity contribution is 4.75. The van der Waals surface area contributed by atoms with Crippen LogP contribution in [-0.4, -0.2) is 32.8 Å². The Bertz CT molecular complexity index is 137. The zero-order valence-electron chi connectivity index (χ0n) is 9.30. The summed E-state index contributed by atoms with van der Waals surface area (Å²) >= 11 is 0. The van der Waals surface area contributed by atoms with Gasteiger partial charge < -0.3 is 15.8 Å². The van der Waals surface area contributed by atoms with Gasteiger partial charge in [-0.2, -0.15) is 0 Å². The van der Waals surface area contributed by atoms with Gasteiger partial charge >= 0.3 is 0 Å². The van der Waals surface area contributed by atoms with Crippen molar-refractivity contribution in [3.05, 3.63) is 0 Å². The molecule has 0 aromatic carbocycles. The van der Waals surface area contributed by atoms with Gasteiger partial charge in [0.15, 0.2) is 0 Å². The van der Waals surface area contributed by atoms with Gasteiger partial charge in [0.05, 0.1) is 6.61 Å². The van der Waals surface area contributed by atoms with Crippen molar-refractivity contribution in [3.63, 3.8) is 0 Å². The summed E-state index contributed by atoms with van der Waals surface area (Å²) in [6, 6.07) is 0.502. The SMILES string of the molecule is COCC(CCCN)NCCC1CC1. The van der Waals surface area contributed by atoms with E-state index in [4.69, 9.17) is 10.5 Å². The van der Waals surface area contributed by atoms with E-state index >= 15 is 0 Å². The molecule has 0 aromatic heterocycles. The highest BCUT2D eigenvalue weighted by Gasteiger charge is 2.20. The van der Waals surface area contributed by atoms with Gasteiger partial charge in [0.1, 0.15) is 0 Å². The highest BCUT2D eigenvalue weighted by atomic mass is 16.5. The molecule has 1 saturated carbocycles. The lowest BCUT2D eigenvalue weighted by molar-refractivity contribution is 0.161. The first kappa shape index (κ1) is 12.0. The summed E-state index contributed by atoms with van der Waals surface area (Å²) in [6.07, 6.45) is 6.45. The van der Waals surface area contributed by atoms with Gasteiger partial charge in [-0.3, -0.25) is 0 Å². The maximum absolute atomic E-state index is 5.49. The molecule has 0 saturated heterocycles. The fourth-order valence-electron chi connectivity index (χ4n) is 1.71. The van der Waals surface area contributed by atoms with Crippen LogP contribution in [0.15, 0.2) is 0 Å². The van der Waals surface area contributed by atoms with Crippen LogP contribution < -0.4 is 11.1 Å². The van der Waals surface area contributed by atoms with Crippen LogP contribution in [0.2, 0.25) is 0 Å². The molecule has 0 amide bonds. The van der Waals surface area contributed by atoms with E-state index in [1.54, 1.807) is 7.11 Å². The zero-order valence-corrected chi connectivity index (χ0v) is 9.30. The fourth-order valence-corrected chi connectivity index (χ4v) is 1.71. The molecular weight excluding hydrogens is 176 g/mol. The smallest absolute Gasteiger partial charge is 0.0615 e. The molecular formula is C11H24N2O. The minimum Gasteiger partial charge on any atom is -0.383 e. The van der Waals surface area contributed by atoms with Crippen LogP contribution >= 0.6 is 0 Å². The van der Waals surface area contributed by atoms with Crippen LogP contribution in [0.1, 0.15) is 32.1 Å². The summed E-state index contributed by atoms with van der Waals surface area (Å²) in [6.45, 7) is 2.73. The monoisotopic (exact) mass is 200 g/mol. The van der Waals surface area contributed by atoms with E-state index in [1.165, 1.54) is 19.3 Å². The lowest BCUT2D eigenvalue weighted by Gasteiger charge is -2.17. The van der Waals surface area contributed by atoms with Crippen LogP contribution in [0, 0.1) is 5.92 Å². The average molecular weight is 200 g/mol. The minimum absolute atomic E-state index is 0.502. The maximum Gasteiger partial charge on any atom is 0.0615 e. The largest absolute Gasteiger partial charge is 0.383 e. The first-order valence-electron chi connectivity index (χ1n) is 5.79. The van der Waals surface area contributed by atoms with Crippen molar-refractivity contribution in [1.82, 2.24) is 5.32 Å². The van der Waals surface area contributed by atoms with Crippen LogP contribution in [0.3, 0.4) is 0 Å². The van der Waals surface area contributed by atoms with Gasteiger partial charge in [-0.05, 0) is 38.3 Å². The molecule has 14 heavy (non-hydrogen) atoms. The number of nitrogens with one attached hydrogen (secondary N) is 1. The molecule has 0 aliphatic heterocycles. The molecule has 84 valence electrons. The summed E-state index contributed by atoms with van der Waals surface area (Å²) < 4.78 is 5.17. The first-order valence-corrected chi connectivity index (χ1v) is 5.79. The predicted octanol–water partition coefficient (Wildman–Crippen LogP) is 1.13. The fraction of sp³-hybridized carbons (Fsp3) is 1.00. The molecule has 1 unspecified atom stereocenters. The molecule has 1 aliphatic rings. The number of ether oxygens (including phenoxy) is 1. The Morgan fingerprint density at radius 1 is 1.50 bits per heavy atom. The third-order valence-electron chi connectivity index (χ3n) is 2.81. The van der Waals surface area contributed by atoms with Crippen LogP contribution in [0.25, 0.3) is 0 Å². The molecule has 1 aliphatic carbocycles. The molecule has 0 spiro atoms. The third-order valence-corrected chi connectivity index (χ3v) is 2.81. The number of nitrogens with two attached hydrogens (primary N) is 1. The molecule has 3 nitrogen and oxygen atoms in total. The molecule has 0 heterocycles. The highest BCUT2D eigenvalue weighted by Crippen LogP contribution is 2.31. The van der Waals surface area contributed by atoms with Crippen molar-refractivity contribution in [1.29, 1.82) is 0 Å². The lowest BCUT2D eigenvalue weighted by atomic mass is 10.1. The lowest BCUT2D eigenvalue weighted by Crippen LogP contribution is -2.34. The Hall–Kier alpha value is -0.120. The van der Waals surface area contributed by atoms with E-state index in [0.29, 0.717) is 6.04 Å². The summed E-state index contributed by atoms with van der Waals surface area (Å²) in [5.74, 6) is 1.01. The van der Waals surface area contributed by atoms with Crippen molar-refractivity contribution in [2.45, 2.75) is 38.1 Å². The summed E-state index contributed by atoms with van der Waals surface area (Å²) in [4.78, 5) is 0. The maximum atomic E-state index is 5.49. The standard InChI is InChI=1S/C11H24N2O/c1-14-9-11(3-2-7-12)13-8-6-10-4-5-10/h10-11,13H,2-9,12H2,1H3. The second-order valence-electron chi connectivity index (χ2n) is 4.27. The Morgan fingerprint density at radius 2 is 2.29 bits per heavy atom. The van der Waals surface area contributed by atoms with Gasteiger partial charge in [0, 0.05) is 13.2 Å². The topological polar surface area (TPSA) is 47.3 Å². The van der Waals surface area contributed by atoms with Crippen molar-refractivity contribution < 1.29 is 4.74 Å². The van der Waals surface area contributed by atoms with Gasteiger partial charge in [-0.25, -0.2) is 0 Å². The molecule has 0 aromatic rings. The normalized spacial score (nSPS) is 18.4. The molecule has 1 rings (SSSR count). The summed E-state index contributed by atoms with van der Waals surface area (Å²) in [5, 5.41) is 3.55. The van der Waals surface area contributed by atoms with Gasteiger partial charge in [0.25, 0.3) is 0 Å². The molecule has 1 atom stereocenters. The van der Waals surface area contributed by atoms with Crippen molar-refractivity contribution in [2.75, 3.05) is 26.8 Å². The first-order chi connectivity index (χ1) is 6.86. The van der Waals surface area contributed by atoms with E-state index in [2.05, 4.69) is 5.32 Å². The summed E-state index contributed by atoms with van der Waals surface area (Å²) in [5.41, 5.74) is 5.49. The minimum atomic E-state index is 0.502. The molecule has 0 bridgehead atoms. The van der Waals surface area contributed by atoms with Crippen molar-refractivity contribution >= 4 is 0 Å². The van der Waals surface area contributed by atoms with Gasteiger partial charge in [-0.1, -0.05) is 12.8 Å². The van der Waals surface area contributed by atoms with E-state index in [-0.39, 0.29) is 0 Å². The number of methoxy groups -OCH3 is 1. The molecule has 3 N–H and O–H groups in total. The predicted molar refractivity (Wildman–Crippen MR) is 59.3 cm³/mol. The molecule has 3 heteroatoms. The Balaban J connectivity index is 1.99. The Labute approximate surface area is 87.4 Å². The van der Waals surface area contributed by atoms with Crippen molar-refractivity contribution in [2.24, 2.45) is 11.7 Å². The molecule has 0 radical (unpaired) electrons. The number of hydrogen-bond donors (Lipinski definition) is 2. The van der Waals surface area contributed by atoms with E-state index in [9.17, 15) is 0 Å². The van der Waals surface area contributed by atoms with Crippen LogP contribution in [0.4, 0.5) is 0 Å². The van der Waals surface area contributed by atoms with Gasteiger partial charge in [0.2, 0.25) is 0 Å². The van der Waals surface area contributed by atoms with E-state index in [0.717, 1.165) is 38.5 Å². The number of hydrogen-bond acceptors (Lipinski definition) is 3. The van der Waals surface area contributed by atoms with Gasteiger partial charge in [-0.15, -0.1) is 0 Å². The van der Waals surface area contributed by atoms with Crippen LogP contribution in [0.5, 0.6) is 0 Å².